The average Bonchev–Trinajstić information content (AvgIpc) is 3.40. The maximum Gasteiger partial charge on any atom is 0.187 e. The third-order valence-electron chi connectivity index (χ3n) is 9.47. The number of fused-ring (bicyclic) bond motifs is 4. The molecule has 3 aliphatic carbocycles. The van der Waals surface area contributed by atoms with Gasteiger partial charge in [0.05, 0.1) is 16.1 Å². The summed E-state index contributed by atoms with van der Waals surface area (Å²) >= 11 is 6.27. The number of para-hydroxylation sites is 1. The van der Waals surface area contributed by atoms with Gasteiger partial charge < -0.3 is 9.80 Å². The van der Waals surface area contributed by atoms with Gasteiger partial charge in [-0.15, -0.1) is 0 Å². The highest BCUT2D eigenvalue weighted by Gasteiger charge is 2.42. The van der Waals surface area contributed by atoms with Crippen molar-refractivity contribution >= 4 is 34.1 Å². The van der Waals surface area contributed by atoms with Crippen LogP contribution < -0.4 is 9.80 Å². The van der Waals surface area contributed by atoms with Gasteiger partial charge in [0.15, 0.2) is 23.1 Å². The summed E-state index contributed by atoms with van der Waals surface area (Å²) in [6.45, 7) is 5.33. The van der Waals surface area contributed by atoms with Crippen molar-refractivity contribution in [1.82, 2.24) is 25.1 Å². The number of anilines is 2. The van der Waals surface area contributed by atoms with Crippen LogP contribution in [0.4, 0.5) is 15.9 Å². The van der Waals surface area contributed by atoms with Crippen molar-refractivity contribution in [3.8, 4) is 11.5 Å². The Labute approximate surface area is 232 Å². The summed E-state index contributed by atoms with van der Waals surface area (Å²) in [5, 5.41) is 8.65. The van der Waals surface area contributed by atoms with E-state index in [0.717, 1.165) is 24.4 Å². The molecule has 0 amide bonds. The number of nitrogens with one attached hydrogen (secondary N) is 1. The lowest BCUT2D eigenvalue weighted by molar-refractivity contribution is 0.0334. The third-order valence-corrected chi connectivity index (χ3v) is 9.68. The van der Waals surface area contributed by atoms with Gasteiger partial charge in [-0.25, -0.2) is 19.3 Å². The number of rotatable bonds is 5. The molecule has 2 unspecified atom stereocenters. The van der Waals surface area contributed by atoms with E-state index >= 15 is 4.39 Å². The summed E-state index contributed by atoms with van der Waals surface area (Å²) in [5.74, 6) is 2.99. The summed E-state index contributed by atoms with van der Waals surface area (Å²) in [5.41, 5.74) is 2.88. The Kier molecular flexibility index (Phi) is 6.38. The number of benzene rings is 1. The van der Waals surface area contributed by atoms with E-state index in [2.05, 4.69) is 56.2 Å². The summed E-state index contributed by atoms with van der Waals surface area (Å²) in [6.07, 6.45) is 7.34. The van der Waals surface area contributed by atoms with Crippen LogP contribution in [-0.4, -0.2) is 51.3 Å². The normalized spacial score (nSPS) is 25.0. The number of aromatic amines is 1. The largest absolute Gasteiger partial charge is 0.368 e. The van der Waals surface area contributed by atoms with Crippen LogP contribution >= 0.6 is 11.6 Å². The number of hydrogen-bond acceptors (Lipinski definition) is 6. The van der Waals surface area contributed by atoms with Gasteiger partial charge >= 0.3 is 0 Å². The molecule has 39 heavy (non-hydrogen) atoms. The predicted molar refractivity (Wildman–Crippen MR) is 153 cm³/mol. The Balaban J connectivity index is 1.26. The maximum absolute atomic E-state index is 16.4. The summed E-state index contributed by atoms with van der Waals surface area (Å²) in [6, 6.07) is 12.2. The van der Waals surface area contributed by atoms with Crippen LogP contribution in [-0.2, 0) is 6.42 Å². The van der Waals surface area contributed by atoms with Crippen molar-refractivity contribution < 1.29 is 4.39 Å². The molecule has 4 heterocycles. The van der Waals surface area contributed by atoms with Crippen molar-refractivity contribution in [2.45, 2.75) is 39.0 Å². The number of halogens is 2. The fourth-order valence-corrected chi connectivity index (χ4v) is 7.41. The summed E-state index contributed by atoms with van der Waals surface area (Å²) < 4.78 is 16.4. The molecule has 4 aromatic rings. The molecule has 2 bridgehead atoms. The Morgan fingerprint density at radius 1 is 0.974 bits per heavy atom. The topological polar surface area (TPSA) is 73.8 Å². The van der Waals surface area contributed by atoms with E-state index in [-0.39, 0.29) is 5.82 Å². The minimum atomic E-state index is -0.277. The Bertz CT molecular complexity index is 1470. The van der Waals surface area contributed by atoms with E-state index in [0.29, 0.717) is 71.0 Å². The minimum absolute atomic E-state index is 0.277. The molecule has 7 nitrogen and oxygen atoms in total. The molecular formula is C30H33ClFN7. The molecule has 2 atom stereocenters. The fourth-order valence-electron chi connectivity index (χ4n) is 7.25. The maximum atomic E-state index is 16.4. The average molecular weight is 546 g/mol. The molecule has 8 rings (SSSR count). The lowest BCUT2D eigenvalue weighted by Crippen LogP contribution is -2.47. The quantitative estimate of drug-likeness (QED) is 0.324. The van der Waals surface area contributed by atoms with Gasteiger partial charge in [-0.3, -0.25) is 5.10 Å². The smallest absolute Gasteiger partial charge is 0.187 e. The van der Waals surface area contributed by atoms with Crippen molar-refractivity contribution in [3.05, 3.63) is 59.1 Å². The number of H-pyrrole nitrogens is 1. The SMILES string of the molecule is CC1C2CCC(CC2)C1Cc1nc(-c2[nH]nc3ncc(Cl)cc23)nc(N2CCN(c3ccccc3)CC2)c1F. The molecule has 4 fully saturated rings. The lowest BCUT2D eigenvalue weighted by atomic mass is 9.58. The van der Waals surface area contributed by atoms with Crippen molar-refractivity contribution in [1.29, 1.82) is 0 Å². The van der Waals surface area contributed by atoms with Crippen molar-refractivity contribution in [2.24, 2.45) is 23.7 Å². The van der Waals surface area contributed by atoms with Crippen LogP contribution in [0.15, 0.2) is 42.6 Å². The van der Waals surface area contributed by atoms with Crippen LogP contribution in [0.1, 0.15) is 38.3 Å². The summed E-state index contributed by atoms with van der Waals surface area (Å²) in [4.78, 5) is 18.4. The molecule has 4 aliphatic rings. The molecule has 0 spiro atoms. The van der Waals surface area contributed by atoms with Crippen LogP contribution in [0.2, 0.25) is 5.02 Å². The molecule has 1 N–H and O–H groups in total. The molecule has 3 saturated carbocycles. The van der Waals surface area contributed by atoms with Crippen molar-refractivity contribution in [3.63, 3.8) is 0 Å². The monoisotopic (exact) mass is 545 g/mol. The van der Waals surface area contributed by atoms with E-state index < -0.39 is 0 Å². The molecule has 3 aromatic heterocycles. The van der Waals surface area contributed by atoms with E-state index in [4.69, 9.17) is 21.6 Å². The number of pyridine rings is 1. The lowest BCUT2D eigenvalue weighted by Gasteiger charge is -2.47. The van der Waals surface area contributed by atoms with E-state index in [1.54, 1.807) is 6.20 Å². The van der Waals surface area contributed by atoms with E-state index in [1.165, 1.54) is 31.4 Å². The number of aromatic nitrogens is 5. The van der Waals surface area contributed by atoms with Gasteiger partial charge in [0.2, 0.25) is 0 Å². The fraction of sp³-hybridized carbons (Fsp3) is 0.467. The van der Waals surface area contributed by atoms with Gasteiger partial charge in [0.1, 0.15) is 5.69 Å². The molecule has 202 valence electrons. The first-order valence-corrected chi connectivity index (χ1v) is 14.5. The van der Waals surface area contributed by atoms with Crippen LogP contribution in [0, 0.1) is 29.5 Å². The zero-order chi connectivity index (χ0) is 26.5. The van der Waals surface area contributed by atoms with Gasteiger partial charge in [-0.1, -0.05) is 36.7 Å². The summed E-state index contributed by atoms with van der Waals surface area (Å²) in [7, 11) is 0. The first-order chi connectivity index (χ1) is 19.0. The molecule has 0 radical (unpaired) electrons. The van der Waals surface area contributed by atoms with Crippen LogP contribution in [0.3, 0.4) is 0 Å². The number of nitrogens with zero attached hydrogens (tertiary/aromatic N) is 6. The second kappa shape index (κ2) is 10.0. The van der Waals surface area contributed by atoms with Gasteiger partial charge in [0, 0.05) is 38.1 Å². The van der Waals surface area contributed by atoms with Crippen LogP contribution in [0.25, 0.3) is 22.6 Å². The Morgan fingerprint density at radius 3 is 2.44 bits per heavy atom. The highest BCUT2D eigenvalue weighted by Crippen LogP contribution is 2.50. The molecular weight excluding hydrogens is 513 g/mol. The standard InChI is InChI=1S/C30H33ClFN7/c1-18-19-7-9-20(10-8-19)23(18)16-25-26(32)30(39-13-11-38(12-14-39)22-5-3-2-4-6-22)35-29(34-25)27-24-15-21(31)17-33-28(24)37-36-27/h2-6,15,17-20,23H,7-14,16H2,1H3,(H,33,36,37). The van der Waals surface area contributed by atoms with Gasteiger partial charge in [-0.2, -0.15) is 5.10 Å². The third kappa shape index (κ3) is 4.52. The van der Waals surface area contributed by atoms with Crippen molar-refractivity contribution in [2.75, 3.05) is 36.0 Å². The zero-order valence-electron chi connectivity index (χ0n) is 22.2. The highest BCUT2D eigenvalue weighted by atomic mass is 35.5. The molecule has 1 saturated heterocycles. The molecule has 1 aromatic carbocycles. The minimum Gasteiger partial charge on any atom is -0.368 e. The van der Waals surface area contributed by atoms with Crippen LogP contribution in [0.5, 0.6) is 0 Å². The first kappa shape index (κ1) is 24.8. The predicted octanol–water partition coefficient (Wildman–Crippen LogP) is 6.15. The zero-order valence-corrected chi connectivity index (χ0v) is 22.9. The van der Waals surface area contributed by atoms with E-state index in [1.807, 2.05) is 12.1 Å². The van der Waals surface area contributed by atoms with Gasteiger partial charge in [-0.05, 0) is 74.0 Å². The Morgan fingerprint density at radius 2 is 1.69 bits per heavy atom. The van der Waals surface area contributed by atoms with E-state index in [9.17, 15) is 0 Å². The number of hydrogen-bond donors (Lipinski definition) is 1. The molecule has 9 heteroatoms. The second-order valence-electron chi connectivity index (χ2n) is 11.5. The molecule has 1 aliphatic heterocycles. The first-order valence-electron chi connectivity index (χ1n) is 14.2. The highest BCUT2D eigenvalue weighted by molar-refractivity contribution is 6.31. The Hall–Kier alpha value is -3.26. The van der Waals surface area contributed by atoms with Gasteiger partial charge in [0.25, 0.3) is 0 Å². The number of piperazine rings is 1. The second-order valence-corrected chi connectivity index (χ2v) is 11.9.